The van der Waals surface area contributed by atoms with E-state index in [1.807, 2.05) is 19.4 Å². The van der Waals surface area contributed by atoms with E-state index in [0.29, 0.717) is 6.04 Å². The van der Waals surface area contributed by atoms with Crippen LogP contribution in [-0.2, 0) is 7.05 Å². The number of rotatable bonds is 3. The van der Waals surface area contributed by atoms with Crippen LogP contribution >= 0.6 is 0 Å². The zero-order valence-electron chi connectivity index (χ0n) is 11.9. The average Bonchev–Trinajstić information content (AvgIpc) is 3.19. The Morgan fingerprint density at radius 2 is 2.33 bits per heavy atom. The Labute approximate surface area is 122 Å². The van der Waals surface area contributed by atoms with Gasteiger partial charge in [0.05, 0.1) is 11.7 Å². The van der Waals surface area contributed by atoms with Crippen molar-refractivity contribution in [1.82, 2.24) is 25.3 Å². The van der Waals surface area contributed by atoms with E-state index in [9.17, 15) is 0 Å². The largest absolute Gasteiger partial charge is 0.381 e. The molecule has 0 bridgehead atoms. The normalized spacial score (nSPS) is 18.4. The summed E-state index contributed by atoms with van der Waals surface area (Å²) >= 11 is 0. The lowest BCUT2D eigenvalue weighted by atomic mass is 10.1. The van der Waals surface area contributed by atoms with Crippen LogP contribution in [0.1, 0.15) is 6.42 Å². The van der Waals surface area contributed by atoms with Gasteiger partial charge in [-0.3, -0.25) is 9.78 Å². The minimum atomic E-state index is 0.510. The van der Waals surface area contributed by atoms with Crippen LogP contribution in [0.5, 0.6) is 0 Å². The van der Waals surface area contributed by atoms with Crippen LogP contribution in [0.25, 0.3) is 22.2 Å². The molecule has 1 aliphatic heterocycles. The average molecular weight is 282 g/mol. The van der Waals surface area contributed by atoms with Crippen LogP contribution in [0, 0.1) is 0 Å². The number of nitrogens with zero attached hydrogens (tertiary/aromatic N) is 3. The Bertz CT molecular complexity index is 765. The van der Waals surface area contributed by atoms with Crippen molar-refractivity contribution in [3.8, 4) is 11.3 Å². The first-order valence-corrected chi connectivity index (χ1v) is 7.24. The lowest BCUT2D eigenvalue weighted by Crippen LogP contribution is -2.21. The maximum absolute atomic E-state index is 4.43. The van der Waals surface area contributed by atoms with Crippen molar-refractivity contribution in [2.75, 3.05) is 18.4 Å². The van der Waals surface area contributed by atoms with Gasteiger partial charge in [-0.2, -0.15) is 10.2 Å². The predicted molar refractivity (Wildman–Crippen MR) is 83.2 cm³/mol. The third kappa shape index (κ3) is 2.27. The van der Waals surface area contributed by atoms with Crippen molar-refractivity contribution < 1.29 is 0 Å². The van der Waals surface area contributed by atoms with Crippen molar-refractivity contribution in [2.24, 2.45) is 7.05 Å². The number of H-pyrrole nitrogens is 1. The summed E-state index contributed by atoms with van der Waals surface area (Å²) in [4.78, 5) is 0. The molecule has 3 N–H and O–H groups in total. The minimum absolute atomic E-state index is 0.510. The van der Waals surface area contributed by atoms with E-state index < -0.39 is 0 Å². The van der Waals surface area contributed by atoms with Gasteiger partial charge < -0.3 is 10.6 Å². The van der Waals surface area contributed by atoms with E-state index >= 15 is 0 Å². The molecule has 108 valence electrons. The molecule has 1 saturated heterocycles. The molecule has 4 rings (SSSR count). The predicted octanol–water partition coefficient (Wildman–Crippen LogP) is 1.74. The van der Waals surface area contributed by atoms with Gasteiger partial charge in [0.1, 0.15) is 5.69 Å². The van der Waals surface area contributed by atoms with Gasteiger partial charge in [-0.05, 0) is 31.2 Å². The van der Waals surface area contributed by atoms with Gasteiger partial charge in [0.15, 0.2) is 0 Å². The molecule has 3 aromatic rings. The number of fused-ring (bicyclic) bond motifs is 1. The van der Waals surface area contributed by atoms with Gasteiger partial charge in [-0.1, -0.05) is 0 Å². The van der Waals surface area contributed by atoms with E-state index in [1.54, 1.807) is 4.68 Å². The molecular formula is C15H18N6. The van der Waals surface area contributed by atoms with Gasteiger partial charge in [-0.25, -0.2) is 0 Å². The summed E-state index contributed by atoms with van der Waals surface area (Å²) in [6.45, 7) is 2.12. The first-order chi connectivity index (χ1) is 10.3. The highest BCUT2D eigenvalue weighted by Crippen LogP contribution is 2.28. The third-order valence-corrected chi connectivity index (χ3v) is 3.97. The van der Waals surface area contributed by atoms with Crippen molar-refractivity contribution in [2.45, 2.75) is 12.5 Å². The van der Waals surface area contributed by atoms with Crippen molar-refractivity contribution in [1.29, 1.82) is 0 Å². The van der Waals surface area contributed by atoms with Gasteiger partial charge in [-0.15, -0.1) is 0 Å². The van der Waals surface area contributed by atoms with Gasteiger partial charge in [0.2, 0.25) is 0 Å². The van der Waals surface area contributed by atoms with Crippen LogP contribution in [0.4, 0.5) is 5.69 Å². The monoisotopic (exact) mass is 282 g/mol. The number of benzene rings is 1. The highest BCUT2D eigenvalue weighted by molar-refractivity contribution is 5.94. The molecule has 1 fully saturated rings. The Kier molecular flexibility index (Phi) is 2.89. The van der Waals surface area contributed by atoms with Crippen molar-refractivity contribution in [3.05, 3.63) is 30.6 Å². The lowest BCUT2D eigenvalue weighted by Gasteiger charge is -2.12. The zero-order chi connectivity index (χ0) is 14.2. The highest BCUT2D eigenvalue weighted by atomic mass is 15.2. The molecule has 1 aliphatic rings. The van der Waals surface area contributed by atoms with Crippen LogP contribution < -0.4 is 10.6 Å². The Morgan fingerprint density at radius 1 is 1.38 bits per heavy atom. The van der Waals surface area contributed by atoms with Gasteiger partial charge in [0.25, 0.3) is 0 Å². The first-order valence-electron chi connectivity index (χ1n) is 7.24. The maximum atomic E-state index is 4.43. The molecule has 6 nitrogen and oxygen atoms in total. The molecule has 0 amide bonds. The smallest absolute Gasteiger partial charge is 0.103 e. The molecule has 6 heteroatoms. The molecule has 1 aromatic carbocycles. The molecule has 0 saturated carbocycles. The van der Waals surface area contributed by atoms with E-state index in [0.717, 1.165) is 40.9 Å². The van der Waals surface area contributed by atoms with Crippen LogP contribution in [0.3, 0.4) is 0 Å². The van der Waals surface area contributed by atoms with Crippen LogP contribution in [-0.4, -0.2) is 39.1 Å². The quantitative estimate of drug-likeness (QED) is 0.684. The molecule has 2 aromatic heterocycles. The molecular weight excluding hydrogens is 264 g/mol. The van der Waals surface area contributed by atoms with Crippen molar-refractivity contribution >= 4 is 16.6 Å². The second kappa shape index (κ2) is 4.89. The lowest BCUT2D eigenvalue weighted by molar-refractivity contribution is 0.768. The summed E-state index contributed by atoms with van der Waals surface area (Å²) in [5, 5.41) is 19.8. The summed E-state index contributed by atoms with van der Waals surface area (Å²) in [6.07, 6.45) is 4.99. The van der Waals surface area contributed by atoms with Crippen LogP contribution in [0.2, 0.25) is 0 Å². The summed E-state index contributed by atoms with van der Waals surface area (Å²) < 4.78 is 1.79. The molecule has 1 unspecified atom stereocenters. The van der Waals surface area contributed by atoms with E-state index in [2.05, 4.69) is 44.1 Å². The molecule has 3 heterocycles. The third-order valence-electron chi connectivity index (χ3n) is 3.97. The van der Waals surface area contributed by atoms with E-state index in [-0.39, 0.29) is 0 Å². The molecule has 0 spiro atoms. The summed E-state index contributed by atoms with van der Waals surface area (Å²) in [7, 11) is 1.92. The van der Waals surface area contributed by atoms with E-state index in [4.69, 9.17) is 0 Å². The standard InChI is InChI=1S/C15H18N6/c1-21-9-10(7-17-21)15-13-6-11(2-3-14(13)19-20-15)18-12-4-5-16-8-12/h2-3,6-7,9,12,16,18H,4-5,8H2,1H3,(H,19,20). The summed E-state index contributed by atoms with van der Waals surface area (Å²) in [6, 6.07) is 6.86. The Balaban J connectivity index is 1.71. The fraction of sp³-hybridized carbons (Fsp3) is 0.333. The maximum Gasteiger partial charge on any atom is 0.103 e. The van der Waals surface area contributed by atoms with Crippen LogP contribution in [0.15, 0.2) is 30.6 Å². The summed E-state index contributed by atoms with van der Waals surface area (Å²) in [5.74, 6) is 0. The second-order valence-corrected chi connectivity index (χ2v) is 5.57. The van der Waals surface area contributed by atoms with E-state index in [1.165, 1.54) is 6.42 Å². The molecule has 21 heavy (non-hydrogen) atoms. The number of aromatic nitrogens is 4. The fourth-order valence-corrected chi connectivity index (χ4v) is 2.88. The number of aryl methyl sites for hydroxylation is 1. The number of anilines is 1. The zero-order valence-corrected chi connectivity index (χ0v) is 11.9. The number of hydrogen-bond acceptors (Lipinski definition) is 4. The fourth-order valence-electron chi connectivity index (χ4n) is 2.88. The first kappa shape index (κ1) is 12.4. The Hall–Kier alpha value is -2.34. The summed E-state index contributed by atoms with van der Waals surface area (Å²) in [5.41, 5.74) is 4.17. The van der Waals surface area contributed by atoms with Crippen molar-refractivity contribution in [3.63, 3.8) is 0 Å². The van der Waals surface area contributed by atoms with Gasteiger partial charge >= 0.3 is 0 Å². The number of aromatic amines is 1. The van der Waals surface area contributed by atoms with Gasteiger partial charge in [0, 0.05) is 42.5 Å². The highest BCUT2D eigenvalue weighted by Gasteiger charge is 2.15. The SMILES string of the molecule is Cn1cc(-c2n[nH]c3ccc(NC4CCNC4)cc23)cn1. The number of hydrogen-bond donors (Lipinski definition) is 3. The second-order valence-electron chi connectivity index (χ2n) is 5.57. The minimum Gasteiger partial charge on any atom is -0.381 e. The topological polar surface area (TPSA) is 70.6 Å². The number of nitrogens with one attached hydrogen (secondary N) is 3. The molecule has 0 aliphatic carbocycles. The molecule has 1 atom stereocenters. The molecule has 0 radical (unpaired) electrons. The Morgan fingerprint density at radius 3 is 3.10 bits per heavy atom.